The highest BCUT2D eigenvalue weighted by atomic mass is 35.5. The van der Waals surface area contributed by atoms with Crippen molar-refractivity contribution in [2.45, 2.75) is 39.5 Å². The van der Waals surface area contributed by atoms with Gasteiger partial charge in [0.1, 0.15) is 0 Å². The zero-order valence-electron chi connectivity index (χ0n) is 16.3. The summed E-state index contributed by atoms with van der Waals surface area (Å²) in [7, 11) is 0. The number of carbonyl (C=O) groups is 1. The highest BCUT2D eigenvalue weighted by Gasteiger charge is 2.15. The summed E-state index contributed by atoms with van der Waals surface area (Å²) >= 11 is 6.02. The van der Waals surface area contributed by atoms with Crippen molar-refractivity contribution < 1.29 is 9.72 Å². The van der Waals surface area contributed by atoms with E-state index < -0.39 is 10.8 Å². The Kier molecular flexibility index (Phi) is 8.26. The summed E-state index contributed by atoms with van der Waals surface area (Å²) in [6.07, 6.45) is 4.88. The molecular formula is C21H26ClN3O3. The third kappa shape index (κ3) is 5.96. The van der Waals surface area contributed by atoms with Gasteiger partial charge in [-0.1, -0.05) is 37.8 Å². The molecule has 0 heterocycles. The predicted octanol–water partition coefficient (Wildman–Crippen LogP) is 5.91. The van der Waals surface area contributed by atoms with E-state index >= 15 is 0 Å². The van der Waals surface area contributed by atoms with Crippen LogP contribution in [-0.4, -0.2) is 23.9 Å². The highest BCUT2D eigenvalue weighted by Crippen LogP contribution is 2.24. The van der Waals surface area contributed by atoms with Gasteiger partial charge in [0.2, 0.25) is 0 Å². The van der Waals surface area contributed by atoms with Crippen LogP contribution in [0.2, 0.25) is 5.02 Å². The first-order chi connectivity index (χ1) is 13.5. The molecule has 6 nitrogen and oxygen atoms in total. The van der Waals surface area contributed by atoms with Crippen LogP contribution in [0.1, 0.15) is 49.9 Å². The van der Waals surface area contributed by atoms with Gasteiger partial charge in [0.15, 0.2) is 0 Å². The van der Waals surface area contributed by atoms with Crippen molar-refractivity contribution in [3.8, 4) is 0 Å². The zero-order chi connectivity index (χ0) is 20.5. The molecular weight excluding hydrogens is 378 g/mol. The molecule has 0 saturated carbocycles. The number of benzene rings is 2. The van der Waals surface area contributed by atoms with Crippen molar-refractivity contribution in [3.05, 3.63) is 63.2 Å². The summed E-state index contributed by atoms with van der Waals surface area (Å²) in [5, 5.41) is 13.6. The van der Waals surface area contributed by atoms with Gasteiger partial charge in [0, 0.05) is 36.6 Å². The van der Waals surface area contributed by atoms with E-state index in [-0.39, 0.29) is 16.3 Å². The number of non-ortho nitro benzene ring substituents is 1. The van der Waals surface area contributed by atoms with Gasteiger partial charge in [-0.05, 0) is 43.7 Å². The fourth-order valence-corrected chi connectivity index (χ4v) is 3.22. The molecule has 1 amide bonds. The monoisotopic (exact) mass is 403 g/mol. The molecule has 0 bridgehead atoms. The van der Waals surface area contributed by atoms with E-state index in [1.165, 1.54) is 43.9 Å². The lowest BCUT2D eigenvalue weighted by Gasteiger charge is -2.23. The number of unbranched alkanes of at least 4 members (excludes halogenated alkanes) is 3. The minimum atomic E-state index is -0.548. The van der Waals surface area contributed by atoms with Gasteiger partial charge in [0.05, 0.1) is 15.5 Å². The Labute approximate surface area is 170 Å². The zero-order valence-corrected chi connectivity index (χ0v) is 17.0. The van der Waals surface area contributed by atoms with E-state index in [4.69, 9.17) is 11.6 Å². The Morgan fingerprint density at radius 3 is 2.39 bits per heavy atom. The third-order valence-corrected chi connectivity index (χ3v) is 4.87. The average molecular weight is 404 g/mol. The summed E-state index contributed by atoms with van der Waals surface area (Å²) in [6.45, 7) is 6.28. The second-order valence-electron chi connectivity index (χ2n) is 6.56. The molecule has 0 aliphatic rings. The second kappa shape index (κ2) is 10.7. The molecule has 0 fully saturated rings. The number of anilines is 2. The van der Waals surface area contributed by atoms with Gasteiger partial charge in [-0.2, -0.15) is 0 Å². The third-order valence-electron chi connectivity index (χ3n) is 4.56. The molecule has 0 radical (unpaired) electrons. The molecule has 150 valence electrons. The van der Waals surface area contributed by atoms with E-state index in [1.807, 2.05) is 24.3 Å². The average Bonchev–Trinajstić information content (AvgIpc) is 2.68. The lowest BCUT2D eigenvalue weighted by atomic mass is 10.1. The topological polar surface area (TPSA) is 75.5 Å². The van der Waals surface area contributed by atoms with Crippen LogP contribution in [0.4, 0.5) is 17.1 Å². The van der Waals surface area contributed by atoms with Crippen molar-refractivity contribution in [1.29, 1.82) is 0 Å². The van der Waals surface area contributed by atoms with Crippen LogP contribution in [0.5, 0.6) is 0 Å². The molecule has 0 aromatic heterocycles. The number of hydrogen-bond acceptors (Lipinski definition) is 4. The van der Waals surface area contributed by atoms with Crippen LogP contribution in [0.15, 0.2) is 42.5 Å². The second-order valence-corrected chi connectivity index (χ2v) is 6.97. The summed E-state index contributed by atoms with van der Waals surface area (Å²) in [5.41, 5.74) is 1.81. The van der Waals surface area contributed by atoms with Crippen LogP contribution in [0, 0.1) is 10.1 Å². The van der Waals surface area contributed by atoms with E-state index in [1.54, 1.807) is 0 Å². The van der Waals surface area contributed by atoms with Crippen LogP contribution in [-0.2, 0) is 0 Å². The molecule has 2 aromatic rings. The van der Waals surface area contributed by atoms with Gasteiger partial charge >= 0.3 is 0 Å². The first-order valence-electron chi connectivity index (χ1n) is 9.56. The normalized spacial score (nSPS) is 10.5. The molecule has 1 N–H and O–H groups in total. The number of nitrogens with one attached hydrogen (secondary N) is 1. The molecule has 7 heteroatoms. The molecule has 0 spiro atoms. The van der Waals surface area contributed by atoms with Crippen LogP contribution in [0.3, 0.4) is 0 Å². The minimum absolute atomic E-state index is 0.0487. The van der Waals surface area contributed by atoms with E-state index in [0.29, 0.717) is 5.69 Å². The van der Waals surface area contributed by atoms with Crippen molar-refractivity contribution in [2.75, 3.05) is 23.3 Å². The summed E-state index contributed by atoms with van der Waals surface area (Å²) in [5.74, 6) is -0.403. The molecule has 0 saturated heterocycles. The maximum atomic E-state index is 12.4. The molecule has 0 unspecified atom stereocenters. The summed E-state index contributed by atoms with van der Waals surface area (Å²) in [6, 6.07) is 11.5. The number of amides is 1. The Bertz CT molecular complexity index is 809. The summed E-state index contributed by atoms with van der Waals surface area (Å²) in [4.78, 5) is 25.0. The van der Waals surface area contributed by atoms with Crippen LogP contribution in [0.25, 0.3) is 0 Å². The number of carbonyl (C=O) groups excluding carboxylic acids is 1. The Hall–Kier alpha value is -2.60. The molecule has 0 aliphatic heterocycles. The largest absolute Gasteiger partial charge is 0.372 e. The van der Waals surface area contributed by atoms with E-state index in [0.717, 1.165) is 18.8 Å². The number of rotatable bonds is 10. The predicted molar refractivity (Wildman–Crippen MR) is 115 cm³/mol. The first kappa shape index (κ1) is 21.7. The first-order valence-corrected chi connectivity index (χ1v) is 9.94. The maximum absolute atomic E-state index is 12.4. The van der Waals surface area contributed by atoms with Gasteiger partial charge in [-0.25, -0.2) is 0 Å². The van der Waals surface area contributed by atoms with Gasteiger partial charge < -0.3 is 10.2 Å². The number of nitrogens with zero attached hydrogens (tertiary/aromatic N) is 2. The van der Waals surface area contributed by atoms with Gasteiger partial charge in [-0.3, -0.25) is 14.9 Å². The number of nitro groups is 1. The molecule has 2 aromatic carbocycles. The lowest BCUT2D eigenvalue weighted by molar-refractivity contribution is -0.384. The van der Waals surface area contributed by atoms with E-state index in [2.05, 4.69) is 24.1 Å². The fourth-order valence-electron chi connectivity index (χ4n) is 2.95. The number of nitro benzene ring substituents is 1. The maximum Gasteiger partial charge on any atom is 0.270 e. The Morgan fingerprint density at radius 2 is 1.82 bits per heavy atom. The number of hydrogen-bond donors (Lipinski definition) is 1. The van der Waals surface area contributed by atoms with Crippen molar-refractivity contribution in [2.24, 2.45) is 0 Å². The van der Waals surface area contributed by atoms with Crippen LogP contribution >= 0.6 is 11.6 Å². The van der Waals surface area contributed by atoms with E-state index in [9.17, 15) is 14.9 Å². The Balaban J connectivity index is 2.01. The Morgan fingerprint density at radius 1 is 1.11 bits per heavy atom. The summed E-state index contributed by atoms with van der Waals surface area (Å²) < 4.78 is 0. The fraction of sp³-hybridized carbons (Fsp3) is 0.381. The standard InChI is InChI=1S/C21H26ClN3O3/c1-3-5-6-7-14-24(4-2)17-10-8-16(9-11-17)23-21(26)19-13-12-18(25(27)28)15-20(19)22/h8-13,15H,3-7,14H2,1-2H3,(H,23,26). The minimum Gasteiger partial charge on any atom is -0.372 e. The van der Waals surface area contributed by atoms with Crippen molar-refractivity contribution in [3.63, 3.8) is 0 Å². The van der Waals surface area contributed by atoms with Gasteiger partial charge in [-0.15, -0.1) is 0 Å². The quantitative estimate of drug-likeness (QED) is 0.304. The van der Waals surface area contributed by atoms with Crippen molar-refractivity contribution in [1.82, 2.24) is 0 Å². The molecule has 0 aliphatic carbocycles. The lowest BCUT2D eigenvalue weighted by Crippen LogP contribution is -2.23. The SMILES string of the molecule is CCCCCCN(CC)c1ccc(NC(=O)c2ccc([N+](=O)[O-])cc2Cl)cc1. The molecule has 2 rings (SSSR count). The molecule has 0 atom stereocenters. The number of halogens is 1. The van der Waals surface area contributed by atoms with Crippen LogP contribution < -0.4 is 10.2 Å². The van der Waals surface area contributed by atoms with Gasteiger partial charge in [0.25, 0.3) is 11.6 Å². The molecule has 28 heavy (non-hydrogen) atoms. The smallest absolute Gasteiger partial charge is 0.270 e. The van der Waals surface area contributed by atoms with Crippen molar-refractivity contribution >= 4 is 34.6 Å². The highest BCUT2D eigenvalue weighted by molar-refractivity contribution is 6.34.